The van der Waals surface area contributed by atoms with E-state index in [0.717, 1.165) is 6.42 Å². The van der Waals surface area contributed by atoms with Crippen molar-refractivity contribution >= 4 is 5.78 Å². The third-order valence-corrected chi connectivity index (χ3v) is 2.14. The van der Waals surface area contributed by atoms with Crippen molar-refractivity contribution in [3.63, 3.8) is 0 Å². The van der Waals surface area contributed by atoms with Crippen LogP contribution in [0.5, 0.6) is 0 Å². The van der Waals surface area contributed by atoms with Gasteiger partial charge in [0.15, 0.2) is 0 Å². The zero-order valence-electron chi connectivity index (χ0n) is 8.17. The predicted octanol–water partition coefficient (Wildman–Crippen LogP) is 2.17. The van der Waals surface area contributed by atoms with Crippen molar-refractivity contribution in [3.05, 3.63) is 0 Å². The Morgan fingerprint density at radius 1 is 1.42 bits per heavy atom. The van der Waals surface area contributed by atoms with Crippen LogP contribution >= 0.6 is 0 Å². The third kappa shape index (κ3) is 2.94. The number of carbonyl (C=O) groups is 1. The largest absolute Gasteiger partial charge is 0.374 e. The SMILES string of the molecule is CC(C)CC(C)OC1CC(=O)C1. The van der Waals surface area contributed by atoms with Gasteiger partial charge in [0.25, 0.3) is 0 Å². The lowest BCUT2D eigenvalue weighted by Gasteiger charge is -2.28. The lowest BCUT2D eigenvalue weighted by atomic mass is 9.94. The van der Waals surface area contributed by atoms with E-state index in [2.05, 4.69) is 20.8 Å². The van der Waals surface area contributed by atoms with Crippen molar-refractivity contribution in [1.82, 2.24) is 0 Å². The molecule has 0 aliphatic heterocycles. The normalized spacial score (nSPS) is 21.2. The third-order valence-electron chi connectivity index (χ3n) is 2.14. The maximum absolute atomic E-state index is 10.6. The number of rotatable bonds is 4. The van der Waals surface area contributed by atoms with E-state index in [4.69, 9.17) is 4.74 Å². The summed E-state index contributed by atoms with van der Waals surface area (Å²) in [6.07, 6.45) is 2.91. The molecule has 0 N–H and O–H groups in total. The van der Waals surface area contributed by atoms with Crippen molar-refractivity contribution in [3.8, 4) is 0 Å². The Hall–Kier alpha value is -0.370. The molecule has 1 aliphatic rings. The summed E-state index contributed by atoms with van der Waals surface area (Å²) in [6, 6.07) is 0. The van der Waals surface area contributed by atoms with Gasteiger partial charge in [-0.05, 0) is 19.3 Å². The molecule has 1 fully saturated rings. The van der Waals surface area contributed by atoms with Crippen LogP contribution in [-0.2, 0) is 9.53 Å². The molecule has 0 aromatic rings. The van der Waals surface area contributed by atoms with Crippen molar-refractivity contribution in [2.45, 2.75) is 52.2 Å². The monoisotopic (exact) mass is 170 g/mol. The fraction of sp³-hybridized carbons (Fsp3) is 0.900. The molecule has 1 rings (SSSR count). The van der Waals surface area contributed by atoms with Gasteiger partial charge in [-0.3, -0.25) is 4.79 Å². The Morgan fingerprint density at radius 2 is 2.00 bits per heavy atom. The van der Waals surface area contributed by atoms with Gasteiger partial charge in [-0.2, -0.15) is 0 Å². The van der Waals surface area contributed by atoms with Crippen LogP contribution in [0.1, 0.15) is 40.0 Å². The molecule has 12 heavy (non-hydrogen) atoms. The lowest BCUT2D eigenvalue weighted by molar-refractivity contribution is -0.138. The lowest BCUT2D eigenvalue weighted by Crippen LogP contribution is -2.34. The van der Waals surface area contributed by atoms with Gasteiger partial charge in [0.05, 0.1) is 12.2 Å². The number of ketones is 1. The summed E-state index contributed by atoms with van der Waals surface area (Å²) in [5.41, 5.74) is 0. The van der Waals surface area contributed by atoms with Gasteiger partial charge in [-0.25, -0.2) is 0 Å². The molecular formula is C10H18O2. The molecule has 0 aromatic carbocycles. The van der Waals surface area contributed by atoms with Gasteiger partial charge in [-0.15, -0.1) is 0 Å². The number of hydrogen-bond acceptors (Lipinski definition) is 2. The highest BCUT2D eigenvalue weighted by molar-refractivity contribution is 5.85. The van der Waals surface area contributed by atoms with Gasteiger partial charge < -0.3 is 4.74 Å². The Balaban J connectivity index is 2.10. The van der Waals surface area contributed by atoms with Crippen molar-refractivity contribution in [1.29, 1.82) is 0 Å². The molecule has 0 bridgehead atoms. The van der Waals surface area contributed by atoms with Gasteiger partial charge >= 0.3 is 0 Å². The Labute approximate surface area is 74.3 Å². The van der Waals surface area contributed by atoms with Crippen LogP contribution in [-0.4, -0.2) is 18.0 Å². The highest BCUT2D eigenvalue weighted by Crippen LogP contribution is 2.21. The van der Waals surface area contributed by atoms with Crippen molar-refractivity contribution in [2.75, 3.05) is 0 Å². The highest BCUT2D eigenvalue weighted by Gasteiger charge is 2.28. The molecular weight excluding hydrogens is 152 g/mol. The minimum Gasteiger partial charge on any atom is -0.374 e. The molecule has 0 saturated heterocycles. The summed E-state index contributed by atoms with van der Waals surface area (Å²) in [6.45, 7) is 6.46. The van der Waals surface area contributed by atoms with Crippen LogP contribution in [0.4, 0.5) is 0 Å². The Bertz CT molecular complexity index is 155. The zero-order chi connectivity index (χ0) is 9.14. The minimum atomic E-state index is 0.228. The Morgan fingerprint density at radius 3 is 2.42 bits per heavy atom. The zero-order valence-corrected chi connectivity index (χ0v) is 8.17. The standard InChI is InChI=1S/C10H18O2/c1-7(2)4-8(3)12-10-5-9(11)6-10/h7-8,10H,4-6H2,1-3H3. The molecule has 70 valence electrons. The van der Waals surface area contributed by atoms with Crippen LogP contribution < -0.4 is 0 Å². The highest BCUT2D eigenvalue weighted by atomic mass is 16.5. The first kappa shape index (κ1) is 9.72. The van der Waals surface area contributed by atoms with E-state index in [0.29, 0.717) is 30.6 Å². The summed E-state index contributed by atoms with van der Waals surface area (Å²) in [7, 11) is 0. The quantitative estimate of drug-likeness (QED) is 0.646. The van der Waals surface area contributed by atoms with E-state index in [1.54, 1.807) is 0 Å². The van der Waals surface area contributed by atoms with E-state index in [1.165, 1.54) is 0 Å². The van der Waals surface area contributed by atoms with Crippen LogP contribution in [0, 0.1) is 5.92 Å². The second kappa shape index (κ2) is 4.04. The molecule has 0 amide bonds. The number of ether oxygens (including phenoxy) is 1. The van der Waals surface area contributed by atoms with Crippen LogP contribution in [0.3, 0.4) is 0 Å². The van der Waals surface area contributed by atoms with E-state index >= 15 is 0 Å². The average molecular weight is 170 g/mol. The molecule has 0 radical (unpaired) electrons. The average Bonchev–Trinajstić information content (AvgIpc) is 1.82. The first-order valence-corrected chi connectivity index (χ1v) is 4.75. The van der Waals surface area contributed by atoms with Gasteiger partial charge in [-0.1, -0.05) is 13.8 Å². The van der Waals surface area contributed by atoms with Gasteiger partial charge in [0.2, 0.25) is 0 Å². The number of Topliss-reactive ketones (excluding diaryl/α,β-unsaturated/α-hetero) is 1. The molecule has 0 spiro atoms. The van der Waals surface area contributed by atoms with Gasteiger partial charge in [0, 0.05) is 12.8 Å². The summed E-state index contributed by atoms with van der Waals surface area (Å²) in [4.78, 5) is 10.6. The molecule has 0 aromatic heterocycles. The molecule has 2 nitrogen and oxygen atoms in total. The summed E-state index contributed by atoms with van der Waals surface area (Å²) < 4.78 is 5.65. The first-order chi connectivity index (χ1) is 5.58. The summed E-state index contributed by atoms with van der Waals surface area (Å²) >= 11 is 0. The fourth-order valence-corrected chi connectivity index (χ4v) is 1.59. The Kier molecular flexibility index (Phi) is 3.27. The maximum atomic E-state index is 10.6. The molecule has 1 unspecified atom stereocenters. The number of carbonyl (C=O) groups excluding carboxylic acids is 1. The van der Waals surface area contributed by atoms with Crippen LogP contribution in [0.25, 0.3) is 0 Å². The topological polar surface area (TPSA) is 26.3 Å². The number of hydrogen-bond donors (Lipinski definition) is 0. The van der Waals surface area contributed by atoms with E-state index in [1.807, 2.05) is 0 Å². The van der Waals surface area contributed by atoms with E-state index in [-0.39, 0.29) is 6.10 Å². The summed E-state index contributed by atoms with van der Waals surface area (Å²) in [5, 5.41) is 0. The molecule has 1 saturated carbocycles. The maximum Gasteiger partial charge on any atom is 0.138 e. The fourth-order valence-electron chi connectivity index (χ4n) is 1.59. The molecule has 2 heteroatoms. The van der Waals surface area contributed by atoms with Crippen molar-refractivity contribution in [2.24, 2.45) is 5.92 Å². The smallest absolute Gasteiger partial charge is 0.138 e. The van der Waals surface area contributed by atoms with E-state index < -0.39 is 0 Å². The van der Waals surface area contributed by atoms with Gasteiger partial charge in [0.1, 0.15) is 5.78 Å². The molecule has 0 heterocycles. The van der Waals surface area contributed by atoms with Crippen molar-refractivity contribution < 1.29 is 9.53 Å². The second-order valence-corrected chi connectivity index (χ2v) is 4.15. The van der Waals surface area contributed by atoms with Crippen LogP contribution in [0.15, 0.2) is 0 Å². The minimum absolute atomic E-state index is 0.228. The summed E-state index contributed by atoms with van der Waals surface area (Å²) in [5.74, 6) is 1.02. The molecule has 1 aliphatic carbocycles. The van der Waals surface area contributed by atoms with Crippen LogP contribution in [0.2, 0.25) is 0 Å². The predicted molar refractivity (Wildman–Crippen MR) is 48.0 cm³/mol. The second-order valence-electron chi connectivity index (χ2n) is 4.15. The van der Waals surface area contributed by atoms with E-state index in [9.17, 15) is 4.79 Å². The molecule has 1 atom stereocenters. The first-order valence-electron chi connectivity index (χ1n) is 4.75.